The number of pyridine rings is 1. The number of carbonyl (C=O) groups is 1. The van der Waals surface area contributed by atoms with Crippen LogP contribution in [0.3, 0.4) is 0 Å². The van der Waals surface area contributed by atoms with E-state index in [2.05, 4.69) is 15.3 Å². The predicted molar refractivity (Wildman–Crippen MR) is 115 cm³/mol. The maximum atomic E-state index is 14.9. The van der Waals surface area contributed by atoms with Gasteiger partial charge in [-0.1, -0.05) is 30.3 Å². The molecule has 0 saturated heterocycles. The first-order valence-electron chi connectivity index (χ1n) is 9.08. The Labute approximate surface area is 181 Å². The molecule has 4 N–H and O–H groups in total. The molecule has 0 aliphatic carbocycles. The molecule has 0 fully saturated rings. The first-order chi connectivity index (χ1) is 14.0. The number of rotatable bonds is 4. The first-order valence-corrected chi connectivity index (χ1v) is 10.3. The molecule has 3 rings (SSSR count). The first kappa shape index (κ1) is 22.5. The smallest absolute Gasteiger partial charge is 0.274 e. The van der Waals surface area contributed by atoms with Gasteiger partial charge < -0.3 is 16.2 Å². The Kier molecular flexibility index (Phi) is 6.08. The molecule has 0 spiro atoms. The lowest BCUT2D eigenvalue weighted by Crippen LogP contribution is -2.50. The molecule has 2 aromatic rings. The van der Waals surface area contributed by atoms with Crippen molar-refractivity contribution in [3.8, 4) is 0 Å². The van der Waals surface area contributed by atoms with Crippen LogP contribution in [0.1, 0.15) is 36.8 Å². The summed E-state index contributed by atoms with van der Waals surface area (Å²) in [5.41, 5.74) is 4.72. The number of hydrogen-bond donors (Lipinski definition) is 3. The molecule has 1 aromatic heterocycles. The highest BCUT2D eigenvalue weighted by molar-refractivity contribution is 8.15. The van der Waals surface area contributed by atoms with E-state index in [-0.39, 0.29) is 28.7 Å². The topological polar surface area (TPSA) is 101 Å². The van der Waals surface area contributed by atoms with Crippen LogP contribution in [0, 0.1) is 17.6 Å². The Morgan fingerprint density at radius 3 is 2.67 bits per heavy atom. The number of amidine groups is 1. The number of aliphatic hydroxyl groups excluding tert-OH is 1. The number of aliphatic hydroxyl groups is 1. The second kappa shape index (κ2) is 8.13. The molecule has 1 aliphatic rings. The molecule has 1 aliphatic heterocycles. The van der Waals surface area contributed by atoms with E-state index in [0.29, 0.717) is 5.02 Å². The van der Waals surface area contributed by atoms with Crippen LogP contribution in [0.2, 0.25) is 5.02 Å². The highest BCUT2D eigenvalue weighted by atomic mass is 35.5. The van der Waals surface area contributed by atoms with Crippen molar-refractivity contribution in [2.24, 2.45) is 16.6 Å². The summed E-state index contributed by atoms with van der Waals surface area (Å²) in [4.78, 5) is 20.7. The van der Waals surface area contributed by atoms with Gasteiger partial charge in [-0.2, -0.15) is 0 Å². The van der Waals surface area contributed by atoms with Gasteiger partial charge in [0.05, 0.1) is 17.2 Å². The van der Waals surface area contributed by atoms with Crippen LogP contribution >= 0.6 is 23.4 Å². The minimum atomic E-state index is -1.27. The molecule has 1 amide bonds. The Morgan fingerprint density at radius 2 is 2.07 bits per heavy atom. The third kappa shape index (κ3) is 4.01. The zero-order valence-electron chi connectivity index (χ0n) is 16.5. The van der Waals surface area contributed by atoms with Gasteiger partial charge in [0, 0.05) is 34.2 Å². The minimum Gasteiger partial charge on any atom is -0.395 e. The molecule has 6 nitrogen and oxygen atoms in total. The number of nitrogens with one attached hydrogen (secondary N) is 1. The number of hydrogen-bond acceptors (Lipinski definition) is 6. The molecular formula is C20H21ClF2N4O2S. The van der Waals surface area contributed by atoms with E-state index in [0.717, 1.165) is 6.07 Å². The van der Waals surface area contributed by atoms with Gasteiger partial charge in [-0.15, -0.1) is 0 Å². The van der Waals surface area contributed by atoms with Crippen LogP contribution < -0.4 is 11.1 Å². The summed E-state index contributed by atoms with van der Waals surface area (Å²) >= 11 is 6.96. The summed E-state index contributed by atoms with van der Waals surface area (Å²) in [6, 6.07) is 5.12. The number of benzene rings is 1. The molecule has 30 heavy (non-hydrogen) atoms. The second-order valence-electron chi connectivity index (χ2n) is 7.53. The van der Waals surface area contributed by atoms with Gasteiger partial charge in [-0.25, -0.2) is 13.8 Å². The van der Waals surface area contributed by atoms with Crippen molar-refractivity contribution in [1.82, 2.24) is 4.98 Å². The van der Waals surface area contributed by atoms with Crippen molar-refractivity contribution in [2.75, 3.05) is 11.9 Å². The van der Waals surface area contributed by atoms with Crippen molar-refractivity contribution in [3.63, 3.8) is 0 Å². The summed E-state index contributed by atoms with van der Waals surface area (Å²) in [7, 11) is 0. The van der Waals surface area contributed by atoms with Crippen molar-refractivity contribution in [3.05, 3.63) is 58.4 Å². The maximum Gasteiger partial charge on any atom is 0.274 e. The van der Waals surface area contributed by atoms with Crippen molar-refractivity contribution in [1.29, 1.82) is 0 Å². The van der Waals surface area contributed by atoms with Crippen LogP contribution in [0.5, 0.6) is 0 Å². The fourth-order valence-electron chi connectivity index (χ4n) is 3.47. The van der Waals surface area contributed by atoms with Gasteiger partial charge in [-0.3, -0.25) is 9.79 Å². The van der Waals surface area contributed by atoms with Crippen LogP contribution in [0.25, 0.3) is 0 Å². The maximum absolute atomic E-state index is 14.9. The van der Waals surface area contributed by atoms with Crippen molar-refractivity contribution < 1.29 is 18.7 Å². The van der Waals surface area contributed by atoms with E-state index in [1.165, 1.54) is 36.2 Å². The van der Waals surface area contributed by atoms with E-state index in [9.17, 15) is 18.7 Å². The number of anilines is 1. The Hall–Kier alpha value is -2.23. The van der Waals surface area contributed by atoms with E-state index >= 15 is 0 Å². The zero-order valence-corrected chi connectivity index (χ0v) is 18.1. The van der Waals surface area contributed by atoms with Crippen LogP contribution in [-0.2, 0) is 5.54 Å². The number of aromatic nitrogens is 1. The number of nitrogens with zero attached hydrogens (tertiary/aromatic N) is 2. The molecule has 0 bridgehead atoms. The Morgan fingerprint density at radius 1 is 1.37 bits per heavy atom. The fourth-order valence-corrected chi connectivity index (χ4v) is 4.76. The van der Waals surface area contributed by atoms with E-state index in [4.69, 9.17) is 17.3 Å². The molecule has 1 aromatic carbocycles. The zero-order chi connectivity index (χ0) is 22.3. The number of nitrogens with two attached hydrogens (primary N) is 1. The largest absolute Gasteiger partial charge is 0.395 e. The van der Waals surface area contributed by atoms with E-state index in [1.54, 1.807) is 20.8 Å². The highest BCUT2D eigenvalue weighted by Gasteiger charge is 2.50. The number of thioether (sulfide) groups is 1. The molecule has 160 valence electrons. The molecule has 10 heteroatoms. The molecule has 0 radical (unpaired) electrons. The van der Waals surface area contributed by atoms with Gasteiger partial charge in [0.15, 0.2) is 16.8 Å². The lowest BCUT2D eigenvalue weighted by Gasteiger charge is -2.46. The lowest BCUT2D eigenvalue weighted by molar-refractivity contribution is 0.102. The third-order valence-corrected chi connectivity index (χ3v) is 7.02. The SMILES string of the molecule is C[C@@H]1[C@@](C)(CO)SC(N)=N[C@]1(C)c1cc(NC(=O)c2ccc(Cl)cn2)cc(F)c1F. The van der Waals surface area contributed by atoms with Gasteiger partial charge in [0.1, 0.15) is 5.69 Å². The molecule has 0 unspecified atom stereocenters. The van der Waals surface area contributed by atoms with Crippen LogP contribution in [0.15, 0.2) is 35.5 Å². The highest BCUT2D eigenvalue weighted by Crippen LogP contribution is 2.50. The molecule has 3 atom stereocenters. The molecular weight excluding hydrogens is 434 g/mol. The molecule has 2 heterocycles. The summed E-state index contributed by atoms with van der Waals surface area (Å²) in [5.74, 6) is -3.25. The van der Waals surface area contributed by atoms with Crippen molar-refractivity contribution in [2.45, 2.75) is 31.1 Å². The average Bonchev–Trinajstić information content (AvgIpc) is 2.69. The third-order valence-electron chi connectivity index (χ3n) is 5.54. The van der Waals surface area contributed by atoms with E-state index < -0.39 is 33.7 Å². The summed E-state index contributed by atoms with van der Waals surface area (Å²) in [5, 5.41) is 12.9. The van der Waals surface area contributed by atoms with Gasteiger partial charge >= 0.3 is 0 Å². The summed E-state index contributed by atoms with van der Waals surface area (Å²) in [6.07, 6.45) is 1.31. The average molecular weight is 455 g/mol. The lowest BCUT2D eigenvalue weighted by atomic mass is 9.74. The number of carbonyl (C=O) groups excluding carboxylic acids is 1. The summed E-state index contributed by atoms with van der Waals surface area (Å²) in [6.45, 7) is 4.98. The summed E-state index contributed by atoms with van der Waals surface area (Å²) < 4.78 is 28.6. The molecule has 0 saturated carbocycles. The fraction of sp³-hybridized carbons (Fsp3) is 0.350. The minimum absolute atomic E-state index is 0.0387. The predicted octanol–water partition coefficient (Wildman–Crippen LogP) is 3.93. The Balaban J connectivity index is 2.04. The number of aliphatic imine (C=N–C) groups is 1. The number of amides is 1. The van der Waals surface area contributed by atoms with Crippen molar-refractivity contribution >= 4 is 40.1 Å². The van der Waals surface area contributed by atoms with Gasteiger partial charge in [-0.05, 0) is 32.0 Å². The monoisotopic (exact) mass is 454 g/mol. The Bertz CT molecular complexity index is 1020. The van der Waals surface area contributed by atoms with Gasteiger partial charge in [0.2, 0.25) is 0 Å². The quantitative estimate of drug-likeness (QED) is 0.649. The van der Waals surface area contributed by atoms with Gasteiger partial charge in [0.25, 0.3) is 5.91 Å². The standard InChI is InChI=1S/C20H21ClF2N4O2S/c1-10-19(2,9-28)30-18(24)27-20(10,3)13-6-12(7-14(22)16(13)23)26-17(29)15-5-4-11(21)8-25-15/h4-8,10,28H,9H2,1-3H3,(H2,24,27)(H,26,29)/t10-,19-,20+/m1/s1. The van der Waals surface area contributed by atoms with E-state index in [1.807, 2.05) is 0 Å². The number of halogens is 3. The van der Waals surface area contributed by atoms with Crippen LogP contribution in [-0.4, -0.2) is 32.5 Å². The van der Waals surface area contributed by atoms with Crippen LogP contribution in [0.4, 0.5) is 14.5 Å². The second-order valence-corrected chi connectivity index (χ2v) is 9.52. The normalized spacial score (nSPS) is 26.2.